The fraction of sp³-hybridized carbons (Fsp3) is 0.500. The van der Waals surface area contributed by atoms with Crippen LogP contribution in [0.3, 0.4) is 0 Å². The Bertz CT molecular complexity index is 671. The van der Waals surface area contributed by atoms with Crippen molar-refractivity contribution in [2.45, 2.75) is 31.6 Å². The number of amides is 1. The fourth-order valence-corrected chi connectivity index (χ4v) is 3.57. The van der Waals surface area contributed by atoms with Crippen LogP contribution in [-0.4, -0.2) is 32.3 Å². The molecule has 2 N–H and O–H groups in total. The minimum Gasteiger partial charge on any atom is -0.338 e. The number of halogens is 1. The van der Waals surface area contributed by atoms with Crippen LogP contribution in [0.2, 0.25) is 0 Å². The van der Waals surface area contributed by atoms with Crippen LogP contribution in [0, 0.1) is 5.41 Å². The number of sulfonamides is 1. The highest BCUT2D eigenvalue weighted by Crippen LogP contribution is 2.30. The third-order valence-electron chi connectivity index (χ3n) is 3.68. The SMILES string of the molecule is CC1(C)CCCN(C(=O)c2cc(S(N)(=O)=O)ccc2Br)C1. The first-order valence-corrected chi connectivity index (χ1v) is 9.06. The molecule has 1 amide bonds. The van der Waals surface area contributed by atoms with Crippen LogP contribution in [-0.2, 0) is 10.0 Å². The Hall–Kier alpha value is -0.920. The number of hydrogen-bond acceptors (Lipinski definition) is 3. The lowest BCUT2D eigenvalue weighted by atomic mass is 9.84. The Balaban J connectivity index is 2.35. The van der Waals surface area contributed by atoms with Crippen molar-refractivity contribution in [1.82, 2.24) is 4.90 Å². The number of carbonyl (C=O) groups is 1. The predicted octanol–water partition coefficient (Wildman–Crippen LogP) is 2.36. The van der Waals surface area contributed by atoms with Gasteiger partial charge in [0.2, 0.25) is 10.0 Å². The molecule has 21 heavy (non-hydrogen) atoms. The van der Waals surface area contributed by atoms with Gasteiger partial charge in [-0.15, -0.1) is 0 Å². The summed E-state index contributed by atoms with van der Waals surface area (Å²) in [4.78, 5) is 14.4. The van der Waals surface area contributed by atoms with Gasteiger partial charge in [0.25, 0.3) is 5.91 Å². The summed E-state index contributed by atoms with van der Waals surface area (Å²) in [5.41, 5.74) is 0.414. The van der Waals surface area contributed by atoms with E-state index >= 15 is 0 Å². The van der Waals surface area contributed by atoms with Crippen molar-refractivity contribution in [2.24, 2.45) is 10.6 Å². The standard InChI is InChI=1S/C14H19BrN2O3S/c1-14(2)6-3-7-17(9-14)13(18)11-8-10(21(16,19)20)4-5-12(11)15/h4-5,8H,3,6-7,9H2,1-2H3,(H2,16,19,20). The average molecular weight is 375 g/mol. The van der Waals surface area contributed by atoms with E-state index in [0.29, 0.717) is 23.1 Å². The highest BCUT2D eigenvalue weighted by Gasteiger charge is 2.30. The van der Waals surface area contributed by atoms with E-state index in [1.165, 1.54) is 12.1 Å². The van der Waals surface area contributed by atoms with Crippen molar-refractivity contribution in [3.05, 3.63) is 28.2 Å². The van der Waals surface area contributed by atoms with Crippen molar-refractivity contribution < 1.29 is 13.2 Å². The molecule has 7 heteroatoms. The first-order valence-electron chi connectivity index (χ1n) is 6.72. The molecule has 1 heterocycles. The number of hydrogen-bond donors (Lipinski definition) is 1. The quantitative estimate of drug-likeness (QED) is 0.862. The van der Waals surface area contributed by atoms with Crippen LogP contribution in [0.1, 0.15) is 37.0 Å². The third kappa shape index (κ3) is 3.84. The largest absolute Gasteiger partial charge is 0.338 e. The number of primary sulfonamides is 1. The number of nitrogens with two attached hydrogens (primary N) is 1. The molecule has 0 bridgehead atoms. The van der Waals surface area contributed by atoms with Gasteiger partial charge in [0, 0.05) is 17.6 Å². The molecule has 1 aliphatic heterocycles. The van der Waals surface area contributed by atoms with Gasteiger partial charge in [0.15, 0.2) is 0 Å². The molecular formula is C14H19BrN2O3S. The Morgan fingerprint density at radius 1 is 1.38 bits per heavy atom. The molecule has 0 unspecified atom stereocenters. The second-order valence-electron chi connectivity index (χ2n) is 6.18. The van der Waals surface area contributed by atoms with E-state index in [0.717, 1.165) is 12.8 Å². The number of piperidine rings is 1. The van der Waals surface area contributed by atoms with Crippen LogP contribution < -0.4 is 5.14 Å². The molecule has 0 radical (unpaired) electrons. The van der Waals surface area contributed by atoms with E-state index in [2.05, 4.69) is 29.8 Å². The monoisotopic (exact) mass is 374 g/mol. The number of benzene rings is 1. The number of carbonyl (C=O) groups excluding carboxylic acids is 1. The highest BCUT2D eigenvalue weighted by molar-refractivity contribution is 9.10. The normalized spacial score (nSPS) is 18.6. The van der Waals surface area contributed by atoms with E-state index in [4.69, 9.17) is 5.14 Å². The van der Waals surface area contributed by atoms with Gasteiger partial charge in [0.1, 0.15) is 0 Å². The summed E-state index contributed by atoms with van der Waals surface area (Å²) in [5, 5.41) is 5.13. The Morgan fingerprint density at radius 3 is 2.62 bits per heavy atom. The van der Waals surface area contributed by atoms with Gasteiger partial charge in [-0.3, -0.25) is 4.79 Å². The molecule has 1 aliphatic rings. The van der Waals surface area contributed by atoms with E-state index in [1.807, 2.05) is 0 Å². The summed E-state index contributed by atoms with van der Waals surface area (Å²) < 4.78 is 23.4. The summed E-state index contributed by atoms with van der Waals surface area (Å²) in [7, 11) is -3.82. The van der Waals surface area contributed by atoms with Gasteiger partial charge in [0.05, 0.1) is 10.5 Å². The summed E-state index contributed by atoms with van der Waals surface area (Å²) in [6, 6.07) is 4.27. The second kappa shape index (κ2) is 5.70. The molecule has 0 aromatic heterocycles. The highest BCUT2D eigenvalue weighted by atomic mass is 79.9. The van der Waals surface area contributed by atoms with Crippen LogP contribution in [0.25, 0.3) is 0 Å². The van der Waals surface area contributed by atoms with Crippen LogP contribution in [0.5, 0.6) is 0 Å². The Morgan fingerprint density at radius 2 is 2.05 bits per heavy atom. The number of nitrogens with zero attached hydrogens (tertiary/aromatic N) is 1. The second-order valence-corrected chi connectivity index (χ2v) is 8.60. The number of rotatable bonds is 2. The molecule has 0 atom stereocenters. The lowest BCUT2D eigenvalue weighted by Gasteiger charge is -2.38. The summed E-state index contributed by atoms with van der Waals surface area (Å²) in [6.45, 7) is 5.61. The lowest BCUT2D eigenvalue weighted by Crippen LogP contribution is -2.43. The summed E-state index contributed by atoms with van der Waals surface area (Å²) in [5.74, 6) is -0.167. The van der Waals surface area contributed by atoms with Crippen molar-refractivity contribution >= 4 is 31.9 Å². The van der Waals surface area contributed by atoms with Crippen LogP contribution >= 0.6 is 15.9 Å². The smallest absolute Gasteiger partial charge is 0.255 e. The van der Waals surface area contributed by atoms with Gasteiger partial charge in [-0.2, -0.15) is 0 Å². The molecule has 1 saturated heterocycles. The third-order valence-corrected chi connectivity index (χ3v) is 5.29. The van der Waals surface area contributed by atoms with Gasteiger partial charge in [-0.1, -0.05) is 13.8 Å². The first-order chi connectivity index (χ1) is 9.60. The maximum atomic E-state index is 12.6. The van der Waals surface area contributed by atoms with Gasteiger partial charge >= 0.3 is 0 Å². The van der Waals surface area contributed by atoms with Crippen molar-refractivity contribution in [3.8, 4) is 0 Å². The van der Waals surface area contributed by atoms with Crippen molar-refractivity contribution in [3.63, 3.8) is 0 Å². The molecule has 0 aliphatic carbocycles. The molecular weight excluding hydrogens is 356 g/mol. The average Bonchev–Trinajstić information content (AvgIpc) is 2.36. The summed E-state index contributed by atoms with van der Waals surface area (Å²) >= 11 is 3.31. The van der Waals surface area contributed by atoms with Crippen molar-refractivity contribution in [1.29, 1.82) is 0 Å². The maximum absolute atomic E-state index is 12.6. The molecule has 1 fully saturated rings. The van der Waals surface area contributed by atoms with Crippen LogP contribution in [0.4, 0.5) is 0 Å². The topological polar surface area (TPSA) is 80.5 Å². The molecule has 1 aromatic rings. The minimum absolute atomic E-state index is 0.0506. The first kappa shape index (κ1) is 16.5. The zero-order chi connectivity index (χ0) is 15.8. The Labute approximate surface area is 133 Å². The number of likely N-dealkylation sites (tertiary alicyclic amines) is 1. The molecule has 5 nitrogen and oxygen atoms in total. The van der Waals surface area contributed by atoms with Gasteiger partial charge in [-0.25, -0.2) is 13.6 Å². The van der Waals surface area contributed by atoms with E-state index in [-0.39, 0.29) is 16.2 Å². The molecule has 116 valence electrons. The van der Waals surface area contributed by atoms with Gasteiger partial charge < -0.3 is 4.90 Å². The van der Waals surface area contributed by atoms with E-state index < -0.39 is 10.0 Å². The van der Waals surface area contributed by atoms with Gasteiger partial charge in [-0.05, 0) is 52.4 Å². The van der Waals surface area contributed by atoms with E-state index in [9.17, 15) is 13.2 Å². The Kier molecular flexibility index (Phi) is 4.46. The van der Waals surface area contributed by atoms with Crippen LogP contribution in [0.15, 0.2) is 27.6 Å². The summed E-state index contributed by atoms with van der Waals surface area (Å²) in [6.07, 6.45) is 2.03. The zero-order valence-corrected chi connectivity index (χ0v) is 14.5. The lowest BCUT2D eigenvalue weighted by molar-refractivity contribution is 0.0582. The van der Waals surface area contributed by atoms with E-state index in [1.54, 1.807) is 11.0 Å². The fourth-order valence-electron chi connectivity index (χ4n) is 2.61. The van der Waals surface area contributed by atoms with Crippen molar-refractivity contribution in [2.75, 3.05) is 13.1 Å². The zero-order valence-electron chi connectivity index (χ0n) is 12.1. The minimum atomic E-state index is -3.82. The molecule has 0 spiro atoms. The molecule has 1 aromatic carbocycles. The predicted molar refractivity (Wildman–Crippen MR) is 84.4 cm³/mol. The molecule has 2 rings (SSSR count). The maximum Gasteiger partial charge on any atom is 0.255 e. The molecule has 0 saturated carbocycles.